The SMILES string of the molecule is CC(C)(O)C(O)CSC(=N)/C(=N\O)C(=Nc1ccc(F)c(C#N)c1)NO. The van der Waals surface area contributed by atoms with E-state index in [-0.39, 0.29) is 22.0 Å². The van der Waals surface area contributed by atoms with Crippen LogP contribution in [0.1, 0.15) is 19.4 Å². The predicted molar refractivity (Wildman–Crippen MR) is 94.8 cm³/mol. The first-order valence-electron chi connectivity index (χ1n) is 7.17. The molecule has 1 aromatic carbocycles. The van der Waals surface area contributed by atoms with Gasteiger partial charge < -0.3 is 15.4 Å². The minimum absolute atomic E-state index is 0.0648. The summed E-state index contributed by atoms with van der Waals surface area (Å²) >= 11 is 0.747. The van der Waals surface area contributed by atoms with Crippen molar-refractivity contribution in [3.8, 4) is 6.07 Å². The van der Waals surface area contributed by atoms with Crippen molar-refractivity contribution >= 4 is 34.0 Å². The molecule has 1 rings (SSSR count). The van der Waals surface area contributed by atoms with Crippen LogP contribution in [0.2, 0.25) is 0 Å². The number of nitrogens with one attached hydrogen (secondary N) is 2. The number of aliphatic imine (C=N–C) groups is 1. The van der Waals surface area contributed by atoms with Crippen molar-refractivity contribution < 1.29 is 25.0 Å². The number of benzene rings is 1. The minimum Gasteiger partial charge on any atom is -0.410 e. The molecule has 0 heterocycles. The molecule has 0 radical (unpaired) electrons. The number of nitriles is 1. The molecule has 0 saturated carbocycles. The van der Waals surface area contributed by atoms with E-state index in [0.29, 0.717) is 0 Å². The van der Waals surface area contributed by atoms with Crippen LogP contribution < -0.4 is 5.48 Å². The molecule has 0 fully saturated rings. The van der Waals surface area contributed by atoms with Crippen molar-refractivity contribution in [1.29, 1.82) is 10.7 Å². The molecule has 1 aromatic rings. The highest BCUT2D eigenvalue weighted by atomic mass is 32.2. The number of hydroxylamine groups is 1. The summed E-state index contributed by atoms with van der Waals surface area (Å²) in [7, 11) is 0. The van der Waals surface area contributed by atoms with Gasteiger partial charge in [-0.2, -0.15) is 5.26 Å². The fourth-order valence-electron chi connectivity index (χ4n) is 1.56. The fourth-order valence-corrected chi connectivity index (χ4v) is 2.57. The van der Waals surface area contributed by atoms with E-state index in [2.05, 4.69) is 10.1 Å². The number of hydrogen-bond donors (Lipinski definition) is 6. The molecular formula is C15H18FN5O4S. The van der Waals surface area contributed by atoms with Crippen LogP contribution in [-0.4, -0.2) is 54.7 Å². The molecule has 0 aromatic heterocycles. The molecular weight excluding hydrogens is 365 g/mol. The van der Waals surface area contributed by atoms with E-state index in [1.54, 1.807) is 11.5 Å². The Morgan fingerprint density at radius 3 is 2.65 bits per heavy atom. The number of amidine groups is 1. The van der Waals surface area contributed by atoms with E-state index in [0.717, 1.165) is 23.9 Å². The molecule has 0 aliphatic heterocycles. The molecule has 11 heteroatoms. The molecule has 26 heavy (non-hydrogen) atoms. The molecule has 0 aliphatic rings. The summed E-state index contributed by atoms with van der Waals surface area (Å²) in [6.45, 7) is 2.79. The van der Waals surface area contributed by atoms with Crippen LogP contribution in [0, 0.1) is 22.6 Å². The number of aliphatic hydroxyl groups excluding tert-OH is 1. The topological polar surface area (TPSA) is 165 Å². The maximum absolute atomic E-state index is 13.3. The van der Waals surface area contributed by atoms with Crippen molar-refractivity contribution in [2.45, 2.75) is 25.6 Å². The first-order valence-corrected chi connectivity index (χ1v) is 8.15. The second-order valence-electron chi connectivity index (χ2n) is 5.61. The maximum Gasteiger partial charge on any atom is 0.182 e. The van der Waals surface area contributed by atoms with Crippen LogP contribution in [0.5, 0.6) is 0 Å². The van der Waals surface area contributed by atoms with Crippen LogP contribution in [0.3, 0.4) is 0 Å². The van der Waals surface area contributed by atoms with E-state index >= 15 is 0 Å². The molecule has 0 saturated heterocycles. The monoisotopic (exact) mass is 383 g/mol. The van der Waals surface area contributed by atoms with E-state index in [9.17, 15) is 19.8 Å². The molecule has 6 N–H and O–H groups in total. The lowest BCUT2D eigenvalue weighted by Gasteiger charge is -2.24. The predicted octanol–water partition coefficient (Wildman–Crippen LogP) is 1.38. The third-order valence-corrected chi connectivity index (χ3v) is 4.12. The Morgan fingerprint density at radius 1 is 1.50 bits per heavy atom. The van der Waals surface area contributed by atoms with Gasteiger partial charge in [0.05, 0.1) is 23.0 Å². The number of oxime groups is 1. The molecule has 0 aliphatic carbocycles. The van der Waals surface area contributed by atoms with Crippen LogP contribution in [-0.2, 0) is 0 Å². The summed E-state index contributed by atoms with van der Waals surface area (Å²) in [6, 6.07) is 4.96. The lowest BCUT2D eigenvalue weighted by Crippen LogP contribution is -2.39. The molecule has 140 valence electrons. The number of halogens is 1. The van der Waals surface area contributed by atoms with Crippen LogP contribution >= 0.6 is 11.8 Å². The van der Waals surface area contributed by atoms with Gasteiger partial charge in [0.25, 0.3) is 0 Å². The summed E-state index contributed by atoms with van der Waals surface area (Å²) in [5.74, 6) is -1.27. The minimum atomic E-state index is -1.39. The fraction of sp³-hybridized carbons (Fsp3) is 0.333. The van der Waals surface area contributed by atoms with Crippen molar-refractivity contribution in [1.82, 2.24) is 5.48 Å². The van der Waals surface area contributed by atoms with Crippen molar-refractivity contribution in [3.63, 3.8) is 0 Å². The molecule has 0 amide bonds. The summed E-state index contributed by atoms with van der Waals surface area (Å²) < 4.78 is 13.3. The van der Waals surface area contributed by atoms with Gasteiger partial charge in [-0.25, -0.2) is 9.38 Å². The van der Waals surface area contributed by atoms with E-state index in [4.69, 9.17) is 15.9 Å². The van der Waals surface area contributed by atoms with Gasteiger partial charge in [-0.05, 0) is 32.0 Å². The van der Waals surface area contributed by atoms with Gasteiger partial charge in [0.2, 0.25) is 0 Å². The van der Waals surface area contributed by atoms with Gasteiger partial charge in [-0.15, -0.1) is 11.8 Å². The quantitative estimate of drug-likeness (QED) is 0.187. The number of aliphatic hydroxyl groups is 2. The number of hydrogen-bond acceptors (Lipinski definition) is 9. The lowest BCUT2D eigenvalue weighted by atomic mass is 10.0. The summed E-state index contributed by atoms with van der Waals surface area (Å²) in [5.41, 5.74) is -0.387. The Balaban J connectivity index is 3.02. The van der Waals surface area contributed by atoms with Crippen molar-refractivity contribution in [2.24, 2.45) is 10.1 Å². The smallest absolute Gasteiger partial charge is 0.182 e. The first-order chi connectivity index (χ1) is 12.1. The zero-order valence-electron chi connectivity index (χ0n) is 13.9. The van der Waals surface area contributed by atoms with Crippen molar-refractivity contribution in [3.05, 3.63) is 29.6 Å². The summed E-state index contributed by atoms with van der Waals surface area (Å²) in [6.07, 6.45) is -1.16. The average molecular weight is 383 g/mol. The van der Waals surface area contributed by atoms with Gasteiger partial charge in [0.1, 0.15) is 16.9 Å². The number of thioether (sulfide) groups is 1. The van der Waals surface area contributed by atoms with Crippen molar-refractivity contribution in [2.75, 3.05) is 5.75 Å². The van der Waals surface area contributed by atoms with Crippen LogP contribution in [0.15, 0.2) is 28.3 Å². The second kappa shape index (κ2) is 9.25. The molecule has 1 atom stereocenters. The van der Waals surface area contributed by atoms with E-state index in [1.165, 1.54) is 19.9 Å². The Kier molecular flexibility index (Phi) is 7.66. The van der Waals surface area contributed by atoms with E-state index in [1.807, 2.05) is 0 Å². The standard InChI is InChI=1S/C15H18FN5O4S/c1-15(2,23)11(22)7-26-13(18)12(20-24)14(21-25)19-9-3-4-10(16)8(5-9)6-17/h3-5,11,18,22-25H,7H2,1-2H3,(H,19,21)/b18-13?,20-12+. The largest absolute Gasteiger partial charge is 0.410 e. The van der Waals surface area contributed by atoms with Gasteiger partial charge in [-0.3, -0.25) is 16.1 Å². The Hall–Kier alpha value is -2.52. The Morgan fingerprint density at radius 2 is 2.15 bits per heavy atom. The zero-order chi connectivity index (χ0) is 19.9. The third kappa shape index (κ3) is 5.78. The Bertz CT molecular complexity index is 770. The van der Waals surface area contributed by atoms with E-state index < -0.39 is 29.1 Å². The summed E-state index contributed by atoms with van der Waals surface area (Å²) in [5, 5.41) is 57.0. The highest BCUT2D eigenvalue weighted by Crippen LogP contribution is 2.19. The van der Waals surface area contributed by atoms with Gasteiger partial charge >= 0.3 is 0 Å². The second-order valence-corrected chi connectivity index (χ2v) is 6.64. The molecule has 0 spiro atoms. The van der Waals surface area contributed by atoms with Gasteiger partial charge in [0.15, 0.2) is 11.5 Å². The highest BCUT2D eigenvalue weighted by Gasteiger charge is 2.26. The average Bonchev–Trinajstić information content (AvgIpc) is 2.59. The zero-order valence-corrected chi connectivity index (χ0v) is 14.7. The third-order valence-electron chi connectivity index (χ3n) is 3.16. The maximum atomic E-state index is 13.3. The normalized spacial score (nSPS) is 13.9. The van der Waals surface area contributed by atoms with Crippen LogP contribution in [0.4, 0.5) is 10.1 Å². The lowest BCUT2D eigenvalue weighted by molar-refractivity contribution is -0.0349. The summed E-state index contributed by atoms with van der Waals surface area (Å²) in [4.78, 5) is 3.88. The number of rotatable bonds is 6. The highest BCUT2D eigenvalue weighted by molar-refractivity contribution is 8.15. The molecule has 0 bridgehead atoms. The number of nitrogens with zero attached hydrogens (tertiary/aromatic N) is 3. The Labute approximate surface area is 153 Å². The molecule has 1 unspecified atom stereocenters. The van der Waals surface area contributed by atoms with Gasteiger partial charge in [0, 0.05) is 5.75 Å². The van der Waals surface area contributed by atoms with Crippen LogP contribution in [0.25, 0.3) is 0 Å². The van der Waals surface area contributed by atoms with Gasteiger partial charge in [-0.1, -0.05) is 5.16 Å². The molecule has 9 nitrogen and oxygen atoms in total. The first kappa shape index (κ1) is 21.5.